The summed E-state index contributed by atoms with van der Waals surface area (Å²) < 4.78 is 5.29. The summed E-state index contributed by atoms with van der Waals surface area (Å²) in [6.07, 6.45) is 4.66. The molecule has 21 heavy (non-hydrogen) atoms. The first-order valence-corrected chi connectivity index (χ1v) is 9.03. The van der Waals surface area contributed by atoms with Crippen molar-refractivity contribution in [3.05, 3.63) is 10.6 Å². The molecule has 2 heterocycles. The number of aromatic nitrogens is 1. The fourth-order valence-electron chi connectivity index (χ4n) is 2.83. The van der Waals surface area contributed by atoms with E-state index in [9.17, 15) is 0 Å². The van der Waals surface area contributed by atoms with Crippen LogP contribution in [0.3, 0.4) is 0 Å². The van der Waals surface area contributed by atoms with Gasteiger partial charge < -0.3 is 15.0 Å². The van der Waals surface area contributed by atoms with Gasteiger partial charge in [-0.2, -0.15) is 0 Å². The van der Waals surface area contributed by atoms with Crippen LogP contribution in [0.4, 0.5) is 5.13 Å². The van der Waals surface area contributed by atoms with E-state index < -0.39 is 0 Å². The molecular formula is C16H29N3OS. The summed E-state index contributed by atoms with van der Waals surface area (Å²) in [7, 11) is 1.79. The van der Waals surface area contributed by atoms with E-state index in [2.05, 4.69) is 24.1 Å². The predicted octanol–water partition coefficient (Wildman–Crippen LogP) is 3.07. The van der Waals surface area contributed by atoms with E-state index in [1.807, 2.05) is 11.3 Å². The van der Waals surface area contributed by atoms with Gasteiger partial charge in [0, 0.05) is 37.5 Å². The van der Waals surface area contributed by atoms with Crippen LogP contribution in [0.25, 0.3) is 0 Å². The lowest BCUT2D eigenvalue weighted by Crippen LogP contribution is -2.20. The first-order chi connectivity index (χ1) is 10.3. The van der Waals surface area contributed by atoms with Gasteiger partial charge in [0.05, 0.1) is 12.3 Å². The topological polar surface area (TPSA) is 37.4 Å². The molecule has 1 unspecified atom stereocenters. The normalized spacial score (nSPS) is 18.6. The predicted molar refractivity (Wildman–Crippen MR) is 90.3 cm³/mol. The second kappa shape index (κ2) is 8.71. The van der Waals surface area contributed by atoms with E-state index in [-0.39, 0.29) is 0 Å². The molecule has 0 amide bonds. The molecule has 1 aromatic rings. The molecular weight excluding hydrogens is 282 g/mol. The number of hydrogen-bond acceptors (Lipinski definition) is 5. The SMILES string of the molecule is CCCNCc1sc(N2CCC(COC)C2)nc1CCC. The maximum absolute atomic E-state index is 5.29. The average Bonchev–Trinajstić information content (AvgIpc) is 3.08. The summed E-state index contributed by atoms with van der Waals surface area (Å²) in [5, 5.41) is 4.73. The number of rotatable bonds is 9. The molecule has 1 aliphatic heterocycles. The number of methoxy groups -OCH3 is 1. The molecule has 0 spiro atoms. The van der Waals surface area contributed by atoms with Crippen LogP contribution >= 0.6 is 11.3 Å². The van der Waals surface area contributed by atoms with E-state index in [1.165, 1.54) is 28.5 Å². The molecule has 0 radical (unpaired) electrons. The molecule has 1 aromatic heterocycles. The summed E-state index contributed by atoms with van der Waals surface area (Å²) in [6, 6.07) is 0. The van der Waals surface area contributed by atoms with E-state index >= 15 is 0 Å². The Morgan fingerprint density at radius 2 is 2.24 bits per heavy atom. The largest absolute Gasteiger partial charge is 0.384 e. The molecule has 0 aromatic carbocycles. The highest BCUT2D eigenvalue weighted by Gasteiger charge is 2.25. The molecule has 0 aliphatic carbocycles. The van der Waals surface area contributed by atoms with E-state index in [0.717, 1.165) is 45.6 Å². The van der Waals surface area contributed by atoms with E-state index in [4.69, 9.17) is 9.72 Å². The van der Waals surface area contributed by atoms with Crippen molar-refractivity contribution in [2.75, 3.05) is 38.3 Å². The van der Waals surface area contributed by atoms with Crippen molar-refractivity contribution in [2.24, 2.45) is 5.92 Å². The first kappa shape index (κ1) is 16.7. The van der Waals surface area contributed by atoms with Crippen LogP contribution in [0.5, 0.6) is 0 Å². The lowest BCUT2D eigenvalue weighted by molar-refractivity contribution is 0.161. The fourth-order valence-corrected chi connectivity index (χ4v) is 3.94. The number of anilines is 1. The Morgan fingerprint density at radius 1 is 1.38 bits per heavy atom. The maximum Gasteiger partial charge on any atom is 0.185 e. The minimum absolute atomic E-state index is 0.662. The highest BCUT2D eigenvalue weighted by atomic mass is 32.1. The molecule has 0 bridgehead atoms. The van der Waals surface area contributed by atoms with Gasteiger partial charge in [0.1, 0.15) is 0 Å². The molecule has 1 N–H and O–H groups in total. The summed E-state index contributed by atoms with van der Waals surface area (Å²) in [6.45, 7) is 9.57. The van der Waals surface area contributed by atoms with Crippen LogP contribution in [0, 0.1) is 5.92 Å². The number of ether oxygens (including phenoxy) is 1. The Bertz CT molecular complexity index is 422. The van der Waals surface area contributed by atoms with Crippen LogP contribution in [0.15, 0.2) is 0 Å². The minimum Gasteiger partial charge on any atom is -0.384 e. The zero-order valence-electron chi connectivity index (χ0n) is 13.7. The molecule has 120 valence electrons. The molecule has 5 heteroatoms. The maximum atomic E-state index is 5.29. The molecule has 1 saturated heterocycles. The van der Waals surface area contributed by atoms with Gasteiger partial charge in [-0.3, -0.25) is 0 Å². The molecule has 1 fully saturated rings. The Labute approximate surface area is 132 Å². The highest BCUT2D eigenvalue weighted by Crippen LogP contribution is 2.31. The zero-order valence-corrected chi connectivity index (χ0v) is 14.5. The smallest absolute Gasteiger partial charge is 0.185 e. The summed E-state index contributed by atoms with van der Waals surface area (Å²) in [4.78, 5) is 8.79. The number of thiazole rings is 1. The van der Waals surface area contributed by atoms with Crippen molar-refractivity contribution >= 4 is 16.5 Å². The lowest BCUT2D eigenvalue weighted by atomic mass is 10.1. The quantitative estimate of drug-likeness (QED) is 0.711. The van der Waals surface area contributed by atoms with Gasteiger partial charge in [0.15, 0.2) is 5.13 Å². The van der Waals surface area contributed by atoms with Gasteiger partial charge in [0.25, 0.3) is 0 Å². The van der Waals surface area contributed by atoms with Crippen LogP contribution < -0.4 is 10.2 Å². The van der Waals surface area contributed by atoms with Crippen LogP contribution in [-0.4, -0.2) is 38.3 Å². The van der Waals surface area contributed by atoms with Crippen molar-refractivity contribution in [3.63, 3.8) is 0 Å². The van der Waals surface area contributed by atoms with Crippen molar-refractivity contribution < 1.29 is 4.74 Å². The third-order valence-electron chi connectivity index (χ3n) is 3.92. The fraction of sp³-hybridized carbons (Fsp3) is 0.812. The van der Waals surface area contributed by atoms with Crippen molar-refractivity contribution in [3.8, 4) is 0 Å². The highest BCUT2D eigenvalue weighted by molar-refractivity contribution is 7.15. The molecule has 1 atom stereocenters. The van der Waals surface area contributed by atoms with E-state index in [1.54, 1.807) is 7.11 Å². The second-order valence-electron chi connectivity index (χ2n) is 5.85. The zero-order chi connectivity index (χ0) is 15.1. The Kier molecular flexibility index (Phi) is 6.93. The van der Waals surface area contributed by atoms with Crippen molar-refractivity contribution in [1.82, 2.24) is 10.3 Å². The Hall–Kier alpha value is -0.650. The lowest BCUT2D eigenvalue weighted by Gasteiger charge is -2.14. The van der Waals surface area contributed by atoms with Crippen LogP contribution in [0.2, 0.25) is 0 Å². The molecule has 0 saturated carbocycles. The monoisotopic (exact) mass is 311 g/mol. The van der Waals surface area contributed by atoms with Gasteiger partial charge in [0.2, 0.25) is 0 Å². The first-order valence-electron chi connectivity index (χ1n) is 8.21. The summed E-state index contributed by atoms with van der Waals surface area (Å²) in [5.41, 5.74) is 1.30. The van der Waals surface area contributed by atoms with Gasteiger partial charge in [-0.15, -0.1) is 11.3 Å². The third-order valence-corrected chi connectivity index (χ3v) is 5.08. The van der Waals surface area contributed by atoms with Gasteiger partial charge >= 0.3 is 0 Å². The second-order valence-corrected chi connectivity index (χ2v) is 6.91. The molecule has 4 nitrogen and oxygen atoms in total. The number of aryl methyl sites for hydroxylation is 1. The number of hydrogen-bond donors (Lipinski definition) is 1. The average molecular weight is 311 g/mol. The van der Waals surface area contributed by atoms with Crippen LogP contribution in [0.1, 0.15) is 43.7 Å². The van der Waals surface area contributed by atoms with Gasteiger partial charge in [-0.1, -0.05) is 20.3 Å². The van der Waals surface area contributed by atoms with Gasteiger partial charge in [-0.05, 0) is 25.8 Å². The standard InChI is InChI=1S/C16H29N3OS/c1-4-6-14-15(10-17-8-5-2)21-16(18-14)19-9-7-13(11-19)12-20-3/h13,17H,4-12H2,1-3H3. The molecule has 2 rings (SSSR count). The summed E-state index contributed by atoms with van der Waals surface area (Å²) >= 11 is 1.88. The summed E-state index contributed by atoms with van der Waals surface area (Å²) in [5.74, 6) is 0.662. The van der Waals surface area contributed by atoms with Gasteiger partial charge in [-0.25, -0.2) is 4.98 Å². The Balaban J connectivity index is 2.01. The third kappa shape index (κ3) is 4.66. The molecule has 1 aliphatic rings. The Morgan fingerprint density at radius 3 is 2.95 bits per heavy atom. The van der Waals surface area contributed by atoms with Crippen LogP contribution in [-0.2, 0) is 17.7 Å². The number of nitrogens with one attached hydrogen (secondary N) is 1. The number of nitrogens with zero attached hydrogens (tertiary/aromatic N) is 2. The van der Waals surface area contributed by atoms with Crippen molar-refractivity contribution in [1.29, 1.82) is 0 Å². The van der Waals surface area contributed by atoms with Crippen molar-refractivity contribution in [2.45, 2.75) is 46.1 Å². The van der Waals surface area contributed by atoms with E-state index in [0.29, 0.717) is 5.92 Å². The minimum atomic E-state index is 0.662.